The fourth-order valence-corrected chi connectivity index (χ4v) is 4.20. The summed E-state index contributed by atoms with van der Waals surface area (Å²) in [5, 5.41) is 16.8. The number of nitrogens with zero attached hydrogens (tertiary/aromatic N) is 4. The van der Waals surface area contributed by atoms with Crippen molar-refractivity contribution in [3.05, 3.63) is 59.8 Å². The number of nitrogens with one attached hydrogen (secondary N) is 1. The highest BCUT2D eigenvalue weighted by molar-refractivity contribution is 6.07. The van der Waals surface area contributed by atoms with Crippen molar-refractivity contribution in [1.82, 2.24) is 19.7 Å². The van der Waals surface area contributed by atoms with Crippen molar-refractivity contribution in [2.24, 2.45) is 0 Å². The number of nitrogen functional groups attached to an aromatic ring is 1. The second-order valence-corrected chi connectivity index (χ2v) is 9.74. The number of carbonyl (C=O) groups excluding carboxylic acids is 1. The lowest BCUT2D eigenvalue weighted by Gasteiger charge is -2.30. The van der Waals surface area contributed by atoms with Gasteiger partial charge in [0.05, 0.1) is 17.3 Å². The van der Waals surface area contributed by atoms with E-state index < -0.39 is 17.8 Å². The zero-order valence-electron chi connectivity index (χ0n) is 20.0. The summed E-state index contributed by atoms with van der Waals surface area (Å²) in [5.41, 5.74) is 8.75. The number of amides is 2. The Morgan fingerprint density at radius 2 is 1.83 bits per heavy atom. The van der Waals surface area contributed by atoms with Gasteiger partial charge in [0.15, 0.2) is 0 Å². The summed E-state index contributed by atoms with van der Waals surface area (Å²) in [6.45, 7) is 7.09. The van der Waals surface area contributed by atoms with Crippen molar-refractivity contribution in [3.63, 3.8) is 0 Å². The zero-order valence-corrected chi connectivity index (χ0v) is 20.0. The molecule has 3 aromatic rings. The van der Waals surface area contributed by atoms with Crippen LogP contribution in [0.3, 0.4) is 0 Å². The van der Waals surface area contributed by atoms with Crippen molar-refractivity contribution in [2.75, 3.05) is 24.1 Å². The normalized spacial score (nSPS) is 14.7. The number of halogens is 1. The third kappa shape index (κ3) is 5.26. The van der Waals surface area contributed by atoms with E-state index in [1.807, 2.05) is 10.9 Å². The minimum Gasteiger partial charge on any atom is -0.465 e. The van der Waals surface area contributed by atoms with Crippen LogP contribution in [0.15, 0.2) is 42.7 Å². The largest absolute Gasteiger partial charge is 0.465 e. The molecule has 2 amide bonds. The number of piperidine rings is 1. The Morgan fingerprint density at radius 3 is 2.43 bits per heavy atom. The predicted molar refractivity (Wildman–Crippen MR) is 131 cm³/mol. The first-order valence-corrected chi connectivity index (χ1v) is 11.4. The molecule has 1 aliphatic rings. The Hall–Kier alpha value is -3.95. The van der Waals surface area contributed by atoms with Gasteiger partial charge in [-0.1, -0.05) is 20.8 Å². The van der Waals surface area contributed by atoms with E-state index in [4.69, 9.17) is 10.8 Å². The molecule has 0 spiro atoms. The maximum atomic E-state index is 13.2. The van der Waals surface area contributed by atoms with Gasteiger partial charge in [-0.05, 0) is 43.2 Å². The van der Waals surface area contributed by atoms with Crippen molar-refractivity contribution < 1.29 is 19.1 Å². The van der Waals surface area contributed by atoms with Crippen molar-refractivity contribution >= 4 is 23.5 Å². The minimum atomic E-state index is -0.903. The predicted octanol–water partition coefficient (Wildman–Crippen LogP) is 4.53. The van der Waals surface area contributed by atoms with E-state index in [-0.39, 0.29) is 22.8 Å². The number of nitrogens with two attached hydrogens (primary N) is 1. The highest BCUT2D eigenvalue weighted by Crippen LogP contribution is 2.35. The highest BCUT2D eigenvalue weighted by Gasteiger charge is 2.29. The molecule has 0 atom stereocenters. The smallest absolute Gasteiger partial charge is 0.407 e. The summed E-state index contributed by atoms with van der Waals surface area (Å²) in [5.74, 6) is -0.764. The molecule has 184 valence electrons. The first-order chi connectivity index (χ1) is 16.5. The molecule has 2 aromatic heterocycles. The lowest BCUT2D eigenvalue weighted by molar-refractivity contribution is 0.102. The quantitative estimate of drug-likeness (QED) is 0.504. The number of hydrogen-bond acceptors (Lipinski definition) is 5. The lowest BCUT2D eigenvalue weighted by atomic mass is 9.87. The molecule has 1 fully saturated rings. The minimum absolute atomic E-state index is 0.0726. The van der Waals surface area contributed by atoms with Gasteiger partial charge in [0.2, 0.25) is 0 Å². The Labute approximate surface area is 202 Å². The number of carbonyl (C=O) groups is 2. The van der Waals surface area contributed by atoms with Crippen molar-refractivity contribution in [1.29, 1.82) is 0 Å². The van der Waals surface area contributed by atoms with Crippen LogP contribution in [0, 0.1) is 5.82 Å². The number of rotatable bonds is 4. The van der Waals surface area contributed by atoms with Crippen LogP contribution < -0.4 is 11.1 Å². The maximum absolute atomic E-state index is 13.2. The molecule has 1 aromatic carbocycles. The number of anilines is 2. The van der Waals surface area contributed by atoms with Gasteiger partial charge in [0.1, 0.15) is 11.6 Å². The molecular formula is C25H29FN6O3. The average molecular weight is 481 g/mol. The van der Waals surface area contributed by atoms with Crippen LogP contribution in [0.4, 0.5) is 20.7 Å². The summed E-state index contributed by atoms with van der Waals surface area (Å²) < 4.78 is 15.1. The highest BCUT2D eigenvalue weighted by atomic mass is 19.1. The number of benzene rings is 1. The fraction of sp³-hybridized carbons (Fsp3) is 0.360. The van der Waals surface area contributed by atoms with E-state index in [9.17, 15) is 19.1 Å². The second-order valence-electron chi connectivity index (χ2n) is 9.74. The van der Waals surface area contributed by atoms with Crippen LogP contribution in [0.1, 0.15) is 55.7 Å². The fourth-order valence-electron chi connectivity index (χ4n) is 4.20. The third-order valence-corrected chi connectivity index (χ3v) is 6.13. The molecule has 3 heterocycles. The van der Waals surface area contributed by atoms with Crippen molar-refractivity contribution in [3.8, 4) is 11.1 Å². The molecule has 1 saturated heterocycles. The number of hydrogen-bond donors (Lipinski definition) is 3. The van der Waals surface area contributed by atoms with Gasteiger partial charge in [0.25, 0.3) is 5.91 Å². The van der Waals surface area contributed by atoms with E-state index in [0.29, 0.717) is 37.2 Å². The second kappa shape index (κ2) is 9.36. The molecule has 0 bridgehead atoms. The monoisotopic (exact) mass is 480 g/mol. The van der Waals surface area contributed by atoms with Gasteiger partial charge >= 0.3 is 6.09 Å². The maximum Gasteiger partial charge on any atom is 0.407 e. The zero-order chi connectivity index (χ0) is 25.3. The number of likely N-dealkylation sites (tertiary alicyclic amines) is 1. The van der Waals surface area contributed by atoms with E-state index in [2.05, 4.69) is 31.1 Å². The number of pyridine rings is 1. The Bertz CT molecular complexity index is 1240. The number of aromatic nitrogens is 3. The van der Waals surface area contributed by atoms with E-state index >= 15 is 0 Å². The van der Waals surface area contributed by atoms with Crippen LogP contribution in [0.2, 0.25) is 0 Å². The Morgan fingerprint density at radius 1 is 1.17 bits per heavy atom. The van der Waals surface area contributed by atoms with Crippen molar-refractivity contribution in [2.45, 2.75) is 45.1 Å². The molecule has 35 heavy (non-hydrogen) atoms. The first kappa shape index (κ1) is 24.2. The van der Waals surface area contributed by atoms with Crippen LogP contribution in [0.5, 0.6) is 0 Å². The van der Waals surface area contributed by atoms with Crippen LogP contribution in [-0.4, -0.2) is 49.9 Å². The summed E-state index contributed by atoms with van der Waals surface area (Å²) in [6.07, 6.45) is 3.99. The summed E-state index contributed by atoms with van der Waals surface area (Å²) in [6, 6.07) is 7.22. The van der Waals surface area contributed by atoms with Gasteiger partial charge in [-0.15, -0.1) is 0 Å². The molecule has 0 unspecified atom stereocenters. The van der Waals surface area contributed by atoms with Gasteiger partial charge in [-0.3, -0.25) is 9.48 Å². The average Bonchev–Trinajstić information content (AvgIpc) is 3.27. The summed E-state index contributed by atoms with van der Waals surface area (Å²) in [4.78, 5) is 29.9. The molecule has 10 heteroatoms. The third-order valence-electron chi connectivity index (χ3n) is 6.13. The molecule has 1 aliphatic heterocycles. The standard InChI is InChI=1S/C25H29FN6O3/c1-25(2,3)21-20(14-32(30-21)18-8-10-31(11-9-18)24(34)35)15-12-19(22(27)28-13-15)23(33)29-17-6-4-16(26)5-7-17/h4-7,12-14,18H,8-11H2,1-3H3,(H2,27,28)(H,29,33)(H,34,35). The Balaban J connectivity index is 1.65. The topological polar surface area (TPSA) is 126 Å². The van der Waals surface area contributed by atoms with E-state index in [0.717, 1.165) is 11.3 Å². The van der Waals surface area contributed by atoms with Gasteiger partial charge in [0, 0.05) is 47.7 Å². The SMILES string of the molecule is CC(C)(C)c1nn(C2CCN(C(=O)O)CC2)cc1-c1cnc(N)c(C(=O)Nc2ccc(F)cc2)c1. The van der Waals surface area contributed by atoms with Crippen LogP contribution >= 0.6 is 0 Å². The van der Waals surface area contributed by atoms with E-state index in [1.165, 1.54) is 29.2 Å². The Kier molecular flexibility index (Phi) is 6.47. The van der Waals surface area contributed by atoms with Crippen LogP contribution in [0.25, 0.3) is 11.1 Å². The van der Waals surface area contributed by atoms with Gasteiger partial charge < -0.3 is 21.1 Å². The summed E-state index contributed by atoms with van der Waals surface area (Å²) >= 11 is 0. The molecule has 4 N–H and O–H groups in total. The van der Waals surface area contributed by atoms with Crippen LogP contribution in [-0.2, 0) is 5.41 Å². The van der Waals surface area contributed by atoms with E-state index in [1.54, 1.807) is 12.3 Å². The molecular weight excluding hydrogens is 451 g/mol. The van der Waals surface area contributed by atoms with Gasteiger partial charge in [-0.25, -0.2) is 14.2 Å². The first-order valence-electron chi connectivity index (χ1n) is 11.4. The molecule has 4 rings (SSSR count). The molecule has 0 radical (unpaired) electrons. The van der Waals surface area contributed by atoms with Gasteiger partial charge in [-0.2, -0.15) is 5.10 Å². The number of carboxylic acid groups (broad SMARTS) is 1. The molecule has 0 aliphatic carbocycles. The lowest BCUT2D eigenvalue weighted by Crippen LogP contribution is -2.38. The summed E-state index contributed by atoms with van der Waals surface area (Å²) in [7, 11) is 0. The molecule has 9 nitrogen and oxygen atoms in total. The molecule has 0 saturated carbocycles.